The third kappa shape index (κ3) is 3.69. The van der Waals surface area contributed by atoms with Gasteiger partial charge in [-0.15, -0.1) is 11.3 Å². The highest BCUT2D eigenvalue weighted by atomic mass is 32.1. The molecule has 2 aromatic rings. The average Bonchev–Trinajstić information content (AvgIpc) is 3.27. The maximum Gasteiger partial charge on any atom is 0.318 e. The van der Waals surface area contributed by atoms with Gasteiger partial charge in [-0.25, -0.2) is 14.2 Å². The summed E-state index contributed by atoms with van der Waals surface area (Å²) in [6.45, 7) is 4.27. The molecule has 1 N–H and O–H groups in total. The quantitative estimate of drug-likeness (QED) is 0.898. The number of benzene rings is 1. The number of hydrogen-bond donors (Lipinski definition) is 1. The van der Waals surface area contributed by atoms with Crippen LogP contribution >= 0.6 is 11.3 Å². The van der Waals surface area contributed by atoms with E-state index in [2.05, 4.69) is 10.3 Å². The number of hydrogen-bond acceptors (Lipinski definition) is 3. The minimum atomic E-state index is -0.290. The number of aromatic nitrogens is 1. The van der Waals surface area contributed by atoms with Crippen molar-refractivity contribution in [1.82, 2.24) is 15.2 Å². The highest BCUT2D eigenvalue weighted by Crippen LogP contribution is 2.35. The summed E-state index contributed by atoms with van der Waals surface area (Å²) < 4.78 is 14.0. The van der Waals surface area contributed by atoms with Gasteiger partial charge in [0.05, 0.1) is 12.6 Å². The Bertz CT molecular complexity index is 699. The molecule has 3 rings (SSSR count). The van der Waals surface area contributed by atoms with Crippen molar-refractivity contribution in [2.24, 2.45) is 0 Å². The molecule has 1 atom stereocenters. The van der Waals surface area contributed by atoms with Gasteiger partial charge in [0, 0.05) is 22.7 Å². The van der Waals surface area contributed by atoms with Gasteiger partial charge in [0.25, 0.3) is 0 Å². The summed E-state index contributed by atoms with van der Waals surface area (Å²) in [5.74, 6) is -0.269. The zero-order chi connectivity index (χ0) is 16.4. The maximum atomic E-state index is 14.0. The van der Waals surface area contributed by atoms with E-state index in [1.54, 1.807) is 40.6 Å². The Balaban J connectivity index is 1.71. The van der Waals surface area contributed by atoms with Crippen molar-refractivity contribution in [3.05, 3.63) is 51.7 Å². The highest BCUT2D eigenvalue weighted by molar-refractivity contribution is 7.11. The molecule has 2 amide bonds. The molecule has 1 saturated carbocycles. The SMILES string of the molecule is Cc1cnc(CNC(=O)N(C2CC2)[C@@H](C)c2ccccc2F)s1. The Labute approximate surface area is 139 Å². The van der Waals surface area contributed by atoms with Crippen LogP contribution in [-0.2, 0) is 6.54 Å². The summed E-state index contributed by atoms with van der Waals surface area (Å²) in [5.41, 5.74) is 0.555. The molecule has 1 aromatic carbocycles. The molecule has 0 spiro atoms. The molecule has 122 valence electrons. The van der Waals surface area contributed by atoms with Crippen LogP contribution in [0.2, 0.25) is 0 Å². The number of nitrogens with zero attached hydrogens (tertiary/aromatic N) is 2. The van der Waals surface area contributed by atoms with Crippen molar-refractivity contribution < 1.29 is 9.18 Å². The predicted octanol–water partition coefficient (Wildman–Crippen LogP) is 4.03. The minimum absolute atomic E-state index is 0.156. The number of aryl methyl sites for hydroxylation is 1. The van der Waals surface area contributed by atoms with E-state index >= 15 is 0 Å². The van der Waals surface area contributed by atoms with E-state index in [0.29, 0.717) is 12.1 Å². The molecule has 23 heavy (non-hydrogen) atoms. The van der Waals surface area contributed by atoms with Gasteiger partial charge >= 0.3 is 6.03 Å². The van der Waals surface area contributed by atoms with Gasteiger partial charge in [-0.05, 0) is 32.8 Å². The van der Waals surface area contributed by atoms with E-state index in [1.165, 1.54) is 6.07 Å². The van der Waals surface area contributed by atoms with Gasteiger partial charge in [0.2, 0.25) is 0 Å². The summed E-state index contributed by atoms with van der Waals surface area (Å²) in [7, 11) is 0. The number of thiazole rings is 1. The van der Waals surface area contributed by atoms with Crippen LogP contribution in [0.1, 0.15) is 41.3 Å². The van der Waals surface area contributed by atoms with E-state index in [-0.39, 0.29) is 23.9 Å². The third-order valence-corrected chi connectivity index (χ3v) is 4.92. The Hall–Kier alpha value is -1.95. The molecule has 1 heterocycles. The first-order chi connectivity index (χ1) is 11.1. The van der Waals surface area contributed by atoms with Crippen LogP contribution in [0, 0.1) is 12.7 Å². The maximum absolute atomic E-state index is 14.0. The van der Waals surface area contributed by atoms with E-state index in [9.17, 15) is 9.18 Å². The number of nitrogens with one attached hydrogen (secondary N) is 1. The second-order valence-corrected chi connectivity index (χ2v) is 7.18. The van der Waals surface area contributed by atoms with Gasteiger partial charge in [-0.2, -0.15) is 0 Å². The number of amides is 2. The predicted molar refractivity (Wildman–Crippen MR) is 88.8 cm³/mol. The van der Waals surface area contributed by atoms with Gasteiger partial charge in [-0.3, -0.25) is 0 Å². The standard InChI is InChI=1S/C17H20FN3OS/c1-11-9-19-16(23-11)10-20-17(22)21(13-7-8-13)12(2)14-5-3-4-6-15(14)18/h3-6,9,12-13H,7-8,10H2,1-2H3,(H,20,22)/t12-/m0/s1. The molecule has 0 bridgehead atoms. The fourth-order valence-corrected chi connectivity index (χ4v) is 3.43. The monoisotopic (exact) mass is 333 g/mol. The third-order valence-electron chi connectivity index (χ3n) is 4.01. The highest BCUT2D eigenvalue weighted by Gasteiger charge is 2.37. The molecular weight excluding hydrogens is 313 g/mol. The molecule has 1 aliphatic carbocycles. The summed E-state index contributed by atoms with van der Waals surface area (Å²) in [6.07, 6.45) is 3.75. The fourth-order valence-electron chi connectivity index (χ4n) is 2.70. The first-order valence-electron chi connectivity index (χ1n) is 7.78. The van der Waals surface area contributed by atoms with Crippen LogP contribution in [0.25, 0.3) is 0 Å². The lowest BCUT2D eigenvalue weighted by molar-refractivity contribution is 0.173. The zero-order valence-corrected chi connectivity index (χ0v) is 14.1. The van der Waals surface area contributed by atoms with Crippen molar-refractivity contribution in [2.45, 2.75) is 45.3 Å². The van der Waals surface area contributed by atoms with Crippen molar-refractivity contribution in [2.75, 3.05) is 0 Å². The topological polar surface area (TPSA) is 45.2 Å². The fraction of sp³-hybridized carbons (Fsp3) is 0.412. The number of urea groups is 1. The first kappa shape index (κ1) is 15.9. The van der Waals surface area contributed by atoms with Gasteiger partial charge in [-0.1, -0.05) is 18.2 Å². The van der Waals surface area contributed by atoms with Crippen molar-refractivity contribution in [3.8, 4) is 0 Å². The molecule has 0 unspecified atom stereocenters. The number of halogens is 1. The Kier molecular flexibility index (Phi) is 4.61. The summed E-state index contributed by atoms with van der Waals surface area (Å²) in [6, 6.07) is 6.40. The van der Waals surface area contributed by atoms with Crippen LogP contribution < -0.4 is 5.32 Å². The Morgan fingerprint density at radius 1 is 1.48 bits per heavy atom. The van der Waals surface area contributed by atoms with Crippen LogP contribution in [-0.4, -0.2) is 22.0 Å². The minimum Gasteiger partial charge on any atom is -0.331 e. The average molecular weight is 333 g/mol. The van der Waals surface area contributed by atoms with Crippen LogP contribution in [0.15, 0.2) is 30.5 Å². The molecule has 0 aliphatic heterocycles. The summed E-state index contributed by atoms with van der Waals surface area (Å²) >= 11 is 1.57. The van der Waals surface area contributed by atoms with Crippen molar-refractivity contribution >= 4 is 17.4 Å². The van der Waals surface area contributed by atoms with Crippen molar-refractivity contribution in [1.29, 1.82) is 0 Å². The Morgan fingerprint density at radius 2 is 2.22 bits per heavy atom. The van der Waals surface area contributed by atoms with Gasteiger partial charge in [0.1, 0.15) is 10.8 Å². The molecule has 0 radical (unpaired) electrons. The van der Waals surface area contributed by atoms with E-state index in [0.717, 1.165) is 22.7 Å². The normalized spacial score (nSPS) is 15.3. The van der Waals surface area contributed by atoms with Crippen molar-refractivity contribution in [3.63, 3.8) is 0 Å². The lowest BCUT2D eigenvalue weighted by Crippen LogP contribution is -2.42. The van der Waals surface area contributed by atoms with E-state index in [4.69, 9.17) is 0 Å². The number of rotatable bonds is 5. The van der Waals surface area contributed by atoms with Crippen LogP contribution in [0.5, 0.6) is 0 Å². The largest absolute Gasteiger partial charge is 0.331 e. The summed E-state index contributed by atoms with van der Waals surface area (Å²) in [5, 5.41) is 3.80. The van der Waals surface area contributed by atoms with Crippen LogP contribution in [0.4, 0.5) is 9.18 Å². The molecule has 1 fully saturated rings. The molecule has 1 aromatic heterocycles. The molecule has 6 heteroatoms. The second-order valence-electron chi connectivity index (χ2n) is 5.86. The van der Waals surface area contributed by atoms with E-state index < -0.39 is 0 Å². The van der Waals surface area contributed by atoms with E-state index in [1.807, 2.05) is 13.8 Å². The molecular formula is C17H20FN3OS. The first-order valence-corrected chi connectivity index (χ1v) is 8.60. The molecule has 1 aliphatic rings. The van der Waals surface area contributed by atoms with Gasteiger partial charge in [0.15, 0.2) is 0 Å². The lowest BCUT2D eigenvalue weighted by Gasteiger charge is -2.30. The Morgan fingerprint density at radius 3 is 2.83 bits per heavy atom. The lowest BCUT2D eigenvalue weighted by atomic mass is 10.1. The molecule has 0 saturated heterocycles. The number of carbonyl (C=O) groups excluding carboxylic acids is 1. The molecule has 4 nitrogen and oxygen atoms in total. The second kappa shape index (κ2) is 6.66. The zero-order valence-electron chi connectivity index (χ0n) is 13.3. The van der Waals surface area contributed by atoms with Crippen LogP contribution in [0.3, 0.4) is 0 Å². The smallest absolute Gasteiger partial charge is 0.318 e. The van der Waals surface area contributed by atoms with Gasteiger partial charge < -0.3 is 10.2 Å². The number of carbonyl (C=O) groups is 1. The summed E-state index contributed by atoms with van der Waals surface area (Å²) in [4.78, 5) is 19.7.